The lowest BCUT2D eigenvalue weighted by Crippen LogP contribution is -2.46. The first-order valence-electron chi connectivity index (χ1n) is 5.61. The number of nitrogens with one attached hydrogen (secondary N) is 1. The van der Waals surface area contributed by atoms with Crippen LogP contribution in [0.3, 0.4) is 0 Å². The van der Waals surface area contributed by atoms with Crippen LogP contribution in [0.4, 0.5) is 0 Å². The van der Waals surface area contributed by atoms with Gasteiger partial charge in [-0.2, -0.15) is 0 Å². The van der Waals surface area contributed by atoms with Crippen LogP contribution in [0.15, 0.2) is 0 Å². The third-order valence-corrected chi connectivity index (χ3v) is 8.87. The average Bonchev–Trinajstić information content (AvgIpc) is 2.67. The van der Waals surface area contributed by atoms with Gasteiger partial charge in [-0.1, -0.05) is 0 Å². The largest absolute Gasteiger partial charge is 0.390 e. The van der Waals surface area contributed by atoms with E-state index in [1.807, 2.05) is 0 Å². The Balaban J connectivity index is 2.11. The molecule has 0 spiro atoms. The average molecular weight is 333 g/mol. The van der Waals surface area contributed by atoms with E-state index in [2.05, 4.69) is 4.72 Å². The van der Waals surface area contributed by atoms with Gasteiger partial charge in [0.1, 0.15) is 0 Å². The zero-order chi connectivity index (χ0) is 14.5. The summed E-state index contributed by atoms with van der Waals surface area (Å²) >= 11 is 0. The maximum atomic E-state index is 12.0. The Morgan fingerprint density at radius 1 is 1.00 bits per heavy atom. The summed E-state index contributed by atoms with van der Waals surface area (Å²) in [6.07, 6.45) is -1.30. The van der Waals surface area contributed by atoms with Crippen molar-refractivity contribution in [3.63, 3.8) is 0 Å². The number of hydrogen-bond acceptors (Lipinski definition) is 7. The Kier molecular flexibility index (Phi) is 3.71. The van der Waals surface area contributed by atoms with E-state index in [4.69, 9.17) is 0 Å². The first kappa shape index (κ1) is 15.2. The summed E-state index contributed by atoms with van der Waals surface area (Å²) < 4.78 is 71.1. The lowest BCUT2D eigenvalue weighted by atomic mass is 10.2. The maximum Gasteiger partial charge on any atom is 0.215 e. The van der Waals surface area contributed by atoms with Crippen molar-refractivity contribution in [3.8, 4) is 0 Å². The fourth-order valence-electron chi connectivity index (χ4n) is 2.25. The number of sulfonamides is 1. The first-order chi connectivity index (χ1) is 8.51. The van der Waals surface area contributed by atoms with E-state index < -0.39 is 64.4 Å². The molecule has 2 rings (SSSR count). The molecule has 19 heavy (non-hydrogen) atoms. The van der Waals surface area contributed by atoms with Crippen molar-refractivity contribution in [1.29, 1.82) is 0 Å². The van der Waals surface area contributed by atoms with E-state index in [0.29, 0.717) is 0 Å². The molecule has 2 fully saturated rings. The van der Waals surface area contributed by atoms with Gasteiger partial charge in [-0.3, -0.25) is 0 Å². The second-order valence-electron chi connectivity index (χ2n) is 4.94. The number of aliphatic hydroxyl groups is 1. The van der Waals surface area contributed by atoms with Crippen molar-refractivity contribution in [3.05, 3.63) is 0 Å². The molecule has 1 unspecified atom stereocenters. The van der Waals surface area contributed by atoms with Gasteiger partial charge in [0.25, 0.3) is 0 Å². The molecule has 2 N–H and O–H groups in total. The minimum atomic E-state index is -3.95. The van der Waals surface area contributed by atoms with Gasteiger partial charge in [-0.25, -0.2) is 30.0 Å². The zero-order valence-corrected chi connectivity index (χ0v) is 12.3. The maximum absolute atomic E-state index is 12.0. The number of aliphatic hydroxyl groups excluding tert-OH is 1. The Morgan fingerprint density at radius 3 is 2.05 bits per heavy atom. The lowest BCUT2D eigenvalue weighted by Gasteiger charge is -2.18. The molecule has 0 amide bonds. The van der Waals surface area contributed by atoms with Crippen LogP contribution in [-0.2, 0) is 29.7 Å². The highest BCUT2D eigenvalue weighted by Gasteiger charge is 2.43. The second-order valence-corrected chi connectivity index (χ2v) is 11.3. The van der Waals surface area contributed by atoms with E-state index in [9.17, 15) is 30.4 Å². The highest BCUT2D eigenvalue weighted by Crippen LogP contribution is 2.20. The molecule has 0 radical (unpaired) electrons. The van der Waals surface area contributed by atoms with Crippen LogP contribution < -0.4 is 4.72 Å². The highest BCUT2D eigenvalue weighted by atomic mass is 32.2. The van der Waals surface area contributed by atoms with Gasteiger partial charge in [0.2, 0.25) is 10.0 Å². The van der Waals surface area contributed by atoms with Gasteiger partial charge in [0.15, 0.2) is 19.7 Å². The number of hydrogen-bond donors (Lipinski definition) is 2. The van der Waals surface area contributed by atoms with Crippen molar-refractivity contribution in [2.45, 2.75) is 23.8 Å². The van der Waals surface area contributed by atoms with Gasteiger partial charge in [-0.05, 0) is 6.42 Å². The minimum absolute atomic E-state index is 0.00671. The van der Waals surface area contributed by atoms with Crippen LogP contribution in [0.2, 0.25) is 0 Å². The van der Waals surface area contributed by atoms with Gasteiger partial charge >= 0.3 is 0 Å². The third-order valence-electron chi connectivity index (χ3n) is 3.27. The standard InChI is InChI=1S/C8H15NO7S3/c10-8-5-18(13,14)4-7(8)9-19(15,16)6-1-2-17(11,12)3-6/h6-10H,1-5H2/t6?,7-,8+/m0/s1. The van der Waals surface area contributed by atoms with Crippen LogP contribution >= 0.6 is 0 Å². The Morgan fingerprint density at radius 2 is 1.63 bits per heavy atom. The molecule has 112 valence electrons. The predicted molar refractivity (Wildman–Crippen MR) is 67.6 cm³/mol. The SMILES string of the molecule is O=S1(=O)CCC(S(=O)(=O)N[C@H]2CS(=O)(=O)C[C@H]2O)C1. The zero-order valence-electron chi connectivity index (χ0n) is 9.89. The molecule has 2 heterocycles. The Bertz CT molecular complexity index is 663. The molecular weight excluding hydrogens is 318 g/mol. The van der Waals surface area contributed by atoms with Crippen molar-refractivity contribution in [2.75, 3.05) is 23.0 Å². The van der Waals surface area contributed by atoms with Gasteiger partial charge < -0.3 is 5.11 Å². The molecule has 0 aliphatic carbocycles. The van der Waals surface area contributed by atoms with Gasteiger partial charge in [0, 0.05) is 0 Å². The topological polar surface area (TPSA) is 135 Å². The quantitative estimate of drug-likeness (QED) is 0.571. The fourth-order valence-corrected chi connectivity index (χ4v) is 8.42. The molecule has 0 aromatic carbocycles. The summed E-state index contributed by atoms with van der Waals surface area (Å²) in [6.45, 7) is 0. The van der Waals surface area contributed by atoms with E-state index in [1.54, 1.807) is 0 Å². The summed E-state index contributed by atoms with van der Waals surface area (Å²) in [5.74, 6) is -1.60. The summed E-state index contributed by atoms with van der Waals surface area (Å²) in [5.41, 5.74) is 0. The molecule has 2 aliphatic rings. The van der Waals surface area contributed by atoms with Crippen molar-refractivity contribution < 1.29 is 30.4 Å². The van der Waals surface area contributed by atoms with E-state index in [0.717, 1.165) is 0 Å². The Labute approximate surface area is 112 Å². The van der Waals surface area contributed by atoms with E-state index in [1.165, 1.54) is 0 Å². The molecule has 0 aromatic heterocycles. The minimum Gasteiger partial charge on any atom is -0.390 e. The summed E-state index contributed by atoms with van der Waals surface area (Å²) in [4.78, 5) is 0. The predicted octanol–water partition coefficient (Wildman–Crippen LogP) is -2.75. The van der Waals surface area contributed by atoms with Gasteiger partial charge in [0.05, 0.1) is 40.4 Å². The molecule has 8 nitrogen and oxygen atoms in total. The normalized spacial score (nSPS) is 37.4. The fraction of sp³-hybridized carbons (Fsp3) is 1.00. The monoisotopic (exact) mass is 333 g/mol. The summed E-state index contributed by atoms with van der Waals surface area (Å²) in [6, 6.07) is -1.10. The van der Waals surface area contributed by atoms with Crippen molar-refractivity contribution in [2.24, 2.45) is 0 Å². The van der Waals surface area contributed by atoms with Gasteiger partial charge in [-0.15, -0.1) is 0 Å². The number of sulfone groups is 2. The third kappa shape index (κ3) is 3.45. The van der Waals surface area contributed by atoms with Crippen molar-refractivity contribution in [1.82, 2.24) is 4.72 Å². The molecule has 2 saturated heterocycles. The first-order valence-corrected chi connectivity index (χ1v) is 10.8. The molecule has 2 aliphatic heterocycles. The molecule has 11 heteroatoms. The van der Waals surface area contributed by atoms with Crippen LogP contribution in [-0.4, -0.2) is 70.8 Å². The lowest BCUT2D eigenvalue weighted by molar-refractivity contribution is 0.176. The molecule has 3 atom stereocenters. The second kappa shape index (κ2) is 4.65. The van der Waals surface area contributed by atoms with Crippen LogP contribution in [0.25, 0.3) is 0 Å². The molecular formula is C8H15NO7S3. The smallest absolute Gasteiger partial charge is 0.215 e. The summed E-state index contributed by atoms with van der Waals surface area (Å²) in [5, 5.41) is 8.43. The van der Waals surface area contributed by atoms with Crippen LogP contribution in [0, 0.1) is 0 Å². The summed E-state index contributed by atoms with van der Waals surface area (Å²) in [7, 11) is -10.8. The van der Waals surface area contributed by atoms with Crippen LogP contribution in [0.5, 0.6) is 0 Å². The van der Waals surface area contributed by atoms with E-state index >= 15 is 0 Å². The van der Waals surface area contributed by atoms with E-state index in [-0.39, 0.29) is 12.2 Å². The van der Waals surface area contributed by atoms with Crippen LogP contribution in [0.1, 0.15) is 6.42 Å². The number of rotatable bonds is 3. The molecule has 0 aromatic rings. The highest BCUT2D eigenvalue weighted by molar-refractivity contribution is 7.95. The molecule has 0 bridgehead atoms. The Hall–Kier alpha value is -0.230. The van der Waals surface area contributed by atoms with Crippen molar-refractivity contribution >= 4 is 29.7 Å². The molecule has 0 saturated carbocycles.